The standard InChI is InChI=1S/C19H21NO3/c1-3-14-12(2)18(13-8-4-5-9-15(13)20-14)19(22)23-17-11-7-6-10-16(17)21/h4-5,8-9,17H,3,6-7,10-11H2,1-2H3/t17-/m0/s1. The van der Waals surface area contributed by atoms with E-state index in [2.05, 4.69) is 4.98 Å². The fourth-order valence-electron chi connectivity index (χ4n) is 3.23. The number of aryl methyl sites for hydroxylation is 1. The van der Waals surface area contributed by atoms with E-state index in [4.69, 9.17) is 4.74 Å². The Labute approximate surface area is 135 Å². The van der Waals surface area contributed by atoms with Crippen molar-refractivity contribution in [3.8, 4) is 0 Å². The molecule has 0 unspecified atom stereocenters. The third-order valence-corrected chi connectivity index (χ3v) is 4.52. The number of para-hydroxylation sites is 1. The summed E-state index contributed by atoms with van der Waals surface area (Å²) >= 11 is 0. The number of hydrogen-bond acceptors (Lipinski definition) is 4. The molecule has 3 rings (SSSR count). The molecule has 1 aliphatic carbocycles. The van der Waals surface area contributed by atoms with Crippen LogP contribution in [0.25, 0.3) is 10.9 Å². The summed E-state index contributed by atoms with van der Waals surface area (Å²) in [5.74, 6) is -0.368. The van der Waals surface area contributed by atoms with Crippen molar-refractivity contribution < 1.29 is 14.3 Å². The first kappa shape index (κ1) is 15.7. The maximum Gasteiger partial charge on any atom is 0.339 e. The van der Waals surface area contributed by atoms with Gasteiger partial charge in [0.1, 0.15) is 0 Å². The Morgan fingerprint density at radius 3 is 2.83 bits per heavy atom. The van der Waals surface area contributed by atoms with Gasteiger partial charge in [0, 0.05) is 17.5 Å². The summed E-state index contributed by atoms with van der Waals surface area (Å²) in [7, 11) is 0. The predicted molar refractivity (Wildman–Crippen MR) is 88.5 cm³/mol. The number of esters is 1. The second-order valence-corrected chi connectivity index (χ2v) is 6.04. The van der Waals surface area contributed by atoms with Gasteiger partial charge in [-0.05, 0) is 44.2 Å². The van der Waals surface area contributed by atoms with Gasteiger partial charge in [-0.1, -0.05) is 25.1 Å². The van der Waals surface area contributed by atoms with Crippen molar-refractivity contribution >= 4 is 22.7 Å². The highest BCUT2D eigenvalue weighted by atomic mass is 16.5. The number of hydrogen-bond donors (Lipinski definition) is 0. The second-order valence-electron chi connectivity index (χ2n) is 6.04. The van der Waals surface area contributed by atoms with Crippen molar-refractivity contribution in [2.24, 2.45) is 0 Å². The molecule has 4 heteroatoms. The quantitative estimate of drug-likeness (QED) is 0.810. The molecule has 2 aromatic rings. The summed E-state index contributed by atoms with van der Waals surface area (Å²) in [6.07, 6.45) is 3.12. The highest BCUT2D eigenvalue weighted by Crippen LogP contribution is 2.26. The van der Waals surface area contributed by atoms with Crippen LogP contribution in [-0.4, -0.2) is 22.8 Å². The summed E-state index contributed by atoms with van der Waals surface area (Å²) in [5, 5.41) is 0.787. The molecule has 0 amide bonds. The molecule has 0 bridgehead atoms. The first-order chi connectivity index (χ1) is 11.1. The lowest BCUT2D eigenvalue weighted by molar-refractivity contribution is -0.129. The summed E-state index contributed by atoms with van der Waals surface area (Å²) < 4.78 is 5.56. The molecule has 1 aliphatic rings. The number of carbonyl (C=O) groups is 2. The summed E-state index contributed by atoms with van der Waals surface area (Å²) in [4.78, 5) is 29.3. The Balaban J connectivity index is 2.02. The average Bonchev–Trinajstić information content (AvgIpc) is 2.56. The molecule has 1 heterocycles. The van der Waals surface area contributed by atoms with Gasteiger partial charge in [-0.25, -0.2) is 4.79 Å². The zero-order chi connectivity index (χ0) is 16.4. The van der Waals surface area contributed by atoms with E-state index in [1.54, 1.807) is 0 Å². The van der Waals surface area contributed by atoms with E-state index in [1.165, 1.54) is 0 Å². The third kappa shape index (κ3) is 2.98. The second kappa shape index (κ2) is 6.49. The first-order valence-electron chi connectivity index (χ1n) is 8.23. The zero-order valence-electron chi connectivity index (χ0n) is 13.6. The van der Waals surface area contributed by atoms with E-state index in [0.29, 0.717) is 18.4 Å². The zero-order valence-corrected chi connectivity index (χ0v) is 13.6. The monoisotopic (exact) mass is 311 g/mol. The minimum Gasteiger partial charge on any atom is -0.451 e. The molecule has 1 saturated carbocycles. The molecule has 23 heavy (non-hydrogen) atoms. The number of rotatable bonds is 3. The number of carbonyl (C=O) groups excluding carboxylic acids is 2. The molecule has 1 fully saturated rings. The van der Waals surface area contributed by atoms with Crippen LogP contribution in [0.4, 0.5) is 0 Å². The number of benzene rings is 1. The van der Waals surface area contributed by atoms with Crippen LogP contribution in [0.5, 0.6) is 0 Å². The van der Waals surface area contributed by atoms with Crippen LogP contribution in [-0.2, 0) is 16.0 Å². The average molecular weight is 311 g/mol. The Hall–Kier alpha value is -2.23. The summed E-state index contributed by atoms with van der Waals surface area (Å²) in [6.45, 7) is 3.92. The fraction of sp³-hybridized carbons (Fsp3) is 0.421. The van der Waals surface area contributed by atoms with Crippen molar-refractivity contribution in [3.63, 3.8) is 0 Å². The molecule has 120 valence electrons. The maximum absolute atomic E-state index is 12.8. The smallest absolute Gasteiger partial charge is 0.339 e. The van der Waals surface area contributed by atoms with Crippen molar-refractivity contribution in [1.29, 1.82) is 0 Å². The highest BCUT2D eigenvalue weighted by Gasteiger charge is 2.28. The van der Waals surface area contributed by atoms with Crippen molar-refractivity contribution in [3.05, 3.63) is 41.1 Å². The van der Waals surface area contributed by atoms with Gasteiger partial charge < -0.3 is 4.74 Å². The number of nitrogens with zero attached hydrogens (tertiary/aromatic N) is 1. The van der Waals surface area contributed by atoms with Crippen molar-refractivity contribution in [2.75, 3.05) is 0 Å². The Kier molecular flexibility index (Phi) is 4.42. The predicted octanol–water partition coefficient (Wildman–Crippen LogP) is 3.77. The number of pyridine rings is 1. The Bertz CT molecular complexity index is 767. The van der Waals surface area contributed by atoms with E-state index >= 15 is 0 Å². The Morgan fingerprint density at radius 2 is 2.09 bits per heavy atom. The van der Waals surface area contributed by atoms with Gasteiger partial charge >= 0.3 is 5.97 Å². The molecule has 1 atom stereocenters. The van der Waals surface area contributed by atoms with Gasteiger partial charge in [-0.3, -0.25) is 9.78 Å². The first-order valence-corrected chi connectivity index (χ1v) is 8.23. The molecular formula is C19H21NO3. The highest BCUT2D eigenvalue weighted by molar-refractivity contribution is 6.05. The largest absolute Gasteiger partial charge is 0.451 e. The maximum atomic E-state index is 12.8. The van der Waals surface area contributed by atoms with Crippen LogP contribution in [0, 0.1) is 6.92 Å². The van der Waals surface area contributed by atoms with E-state index in [0.717, 1.165) is 41.4 Å². The minimum absolute atomic E-state index is 0.0383. The number of Topliss-reactive ketones (excluding diaryl/α,β-unsaturated/α-hetero) is 1. The van der Waals surface area contributed by atoms with Crippen LogP contribution >= 0.6 is 0 Å². The number of ether oxygens (including phenoxy) is 1. The van der Waals surface area contributed by atoms with Gasteiger partial charge in [0.25, 0.3) is 0 Å². The molecule has 0 saturated heterocycles. The van der Waals surface area contributed by atoms with E-state index in [-0.39, 0.29) is 5.78 Å². The van der Waals surface area contributed by atoms with Crippen LogP contribution in [0.2, 0.25) is 0 Å². The normalized spacial score (nSPS) is 18.2. The van der Waals surface area contributed by atoms with Crippen LogP contribution in [0.3, 0.4) is 0 Å². The van der Waals surface area contributed by atoms with Crippen molar-refractivity contribution in [2.45, 2.75) is 52.1 Å². The summed E-state index contributed by atoms with van der Waals surface area (Å²) in [6, 6.07) is 7.58. The molecule has 0 spiro atoms. The lowest BCUT2D eigenvalue weighted by atomic mass is 9.96. The van der Waals surface area contributed by atoms with E-state index in [1.807, 2.05) is 38.1 Å². The van der Waals surface area contributed by atoms with Gasteiger partial charge in [0.05, 0.1) is 11.1 Å². The molecule has 0 radical (unpaired) electrons. The third-order valence-electron chi connectivity index (χ3n) is 4.52. The van der Waals surface area contributed by atoms with Gasteiger partial charge in [-0.2, -0.15) is 0 Å². The van der Waals surface area contributed by atoms with Gasteiger partial charge in [-0.15, -0.1) is 0 Å². The van der Waals surface area contributed by atoms with Gasteiger partial charge in [0.15, 0.2) is 11.9 Å². The molecule has 1 aromatic heterocycles. The minimum atomic E-state index is -0.590. The lowest BCUT2D eigenvalue weighted by Gasteiger charge is -2.22. The molecular weight excluding hydrogens is 290 g/mol. The van der Waals surface area contributed by atoms with Crippen molar-refractivity contribution in [1.82, 2.24) is 4.98 Å². The van der Waals surface area contributed by atoms with E-state index < -0.39 is 12.1 Å². The SMILES string of the molecule is CCc1nc2ccccc2c(C(=O)O[C@H]2CCCCC2=O)c1C. The Morgan fingerprint density at radius 1 is 1.30 bits per heavy atom. The van der Waals surface area contributed by atoms with Crippen LogP contribution in [0.15, 0.2) is 24.3 Å². The molecule has 1 aromatic carbocycles. The molecule has 4 nitrogen and oxygen atoms in total. The molecule has 0 aliphatic heterocycles. The van der Waals surface area contributed by atoms with Crippen LogP contribution in [0.1, 0.15) is 54.2 Å². The van der Waals surface area contributed by atoms with E-state index in [9.17, 15) is 9.59 Å². The molecule has 0 N–H and O–H groups in total. The number of fused-ring (bicyclic) bond motifs is 1. The van der Waals surface area contributed by atoms with Gasteiger partial charge in [0.2, 0.25) is 0 Å². The van der Waals surface area contributed by atoms with Crippen LogP contribution < -0.4 is 0 Å². The lowest BCUT2D eigenvalue weighted by Crippen LogP contribution is -2.30. The topological polar surface area (TPSA) is 56.3 Å². The number of aromatic nitrogens is 1. The fourth-order valence-corrected chi connectivity index (χ4v) is 3.23. The number of ketones is 1. The summed E-state index contributed by atoms with van der Waals surface area (Å²) in [5.41, 5.74) is 3.08.